The fraction of sp³-hybridized carbons (Fsp3) is 0.100. The highest BCUT2D eigenvalue weighted by Gasteiger charge is 2.15. The first-order chi connectivity index (χ1) is 8.09. The van der Waals surface area contributed by atoms with Crippen molar-refractivity contribution < 1.29 is 9.90 Å². The molecule has 88 valence electrons. The van der Waals surface area contributed by atoms with E-state index < -0.39 is 12.0 Å². The number of nitrogens with two attached hydrogens (primary N) is 1. The Labute approximate surface area is 102 Å². The molecule has 17 heavy (non-hydrogen) atoms. The first kappa shape index (κ1) is 11.6. The van der Waals surface area contributed by atoms with Gasteiger partial charge in [-0.1, -0.05) is 17.7 Å². The van der Waals surface area contributed by atoms with Gasteiger partial charge in [-0.05, 0) is 17.7 Å². The predicted molar refractivity (Wildman–Crippen MR) is 60.9 cm³/mol. The average Bonchev–Trinajstić information content (AvgIpc) is 2.81. The van der Waals surface area contributed by atoms with Crippen LogP contribution in [0.5, 0.6) is 0 Å². The highest BCUT2D eigenvalue weighted by Crippen LogP contribution is 2.23. The van der Waals surface area contributed by atoms with Crippen molar-refractivity contribution in [3.63, 3.8) is 0 Å². The van der Waals surface area contributed by atoms with Crippen molar-refractivity contribution in [2.45, 2.75) is 6.04 Å². The van der Waals surface area contributed by atoms with E-state index in [2.05, 4.69) is 10.1 Å². The quantitative estimate of drug-likeness (QED) is 0.850. The van der Waals surface area contributed by atoms with Gasteiger partial charge in [0.1, 0.15) is 18.7 Å². The van der Waals surface area contributed by atoms with Gasteiger partial charge >= 0.3 is 5.97 Å². The summed E-state index contributed by atoms with van der Waals surface area (Å²) in [5, 5.41) is 13.1. The van der Waals surface area contributed by atoms with E-state index in [1.165, 1.54) is 23.4 Å². The van der Waals surface area contributed by atoms with Crippen molar-refractivity contribution in [2.75, 3.05) is 0 Å². The summed E-state index contributed by atoms with van der Waals surface area (Å²) in [5.74, 6) is -1.10. The number of hydrogen-bond donors (Lipinski definition) is 2. The van der Waals surface area contributed by atoms with E-state index in [0.717, 1.165) is 0 Å². The number of aromatic nitrogens is 3. The molecule has 1 aromatic carbocycles. The number of halogens is 1. The zero-order valence-electron chi connectivity index (χ0n) is 8.62. The van der Waals surface area contributed by atoms with E-state index in [0.29, 0.717) is 16.3 Å². The van der Waals surface area contributed by atoms with Crippen LogP contribution in [-0.2, 0) is 4.79 Å². The second-order valence-corrected chi connectivity index (χ2v) is 3.77. The first-order valence-electron chi connectivity index (χ1n) is 4.72. The molecule has 0 spiro atoms. The van der Waals surface area contributed by atoms with Crippen LogP contribution in [0.25, 0.3) is 5.69 Å². The Balaban J connectivity index is 2.39. The molecule has 0 fully saturated rings. The molecular formula is C10H9ClN4O2. The maximum atomic E-state index is 10.7. The number of hydrogen-bond acceptors (Lipinski definition) is 4. The Hall–Kier alpha value is -1.92. The second kappa shape index (κ2) is 4.52. The van der Waals surface area contributed by atoms with E-state index in [1.807, 2.05) is 0 Å². The van der Waals surface area contributed by atoms with E-state index in [9.17, 15) is 4.79 Å². The summed E-state index contributed by atoms with van der Waals surface area (Å²) in [7, 11) is 0. The van der Waals surface area contributed by atoms with Crippen molar-refractivity contribution in [1.29, 1.82) is 0 Å². The molecule has 0 aliphatic carbocycles. The normalized spacial score (nSPS) is 12.4. The lowest BCUT2D eigenvalue weighted by atomic mass is 10.1. The van der Waals surface area contributed by atoms with Gasteiger partial charge in [-0.25, -0.2) is 9.67 Å². The van der Waals surface area contributed by atoms with Crippen molar-refractivity contribution in [3.05, 3.63) is 41.4 Å². The fourth-order valence-corrected chi connectivity index (χ4v) is 1.65. The summed E-state index contributed by atoms with van der Waals surface area (Å²) in [6, 6.07) is 3.67. The summed E-state index contributed by atoms with van der Waals surface area (Å²) in [6.45, 7) is 0. The first-order valence-corrected chi connectivity index (χ1v) is 5.10. The maximum absolute atomic E-state index is 10.7. The van der Waals surface area contributed by atoms with E-state index >= 15 is 0 Å². The highest BCUT2D eigenvalue weighted by atomic mass is 35.5. The van der Waals surface area contributed by atoms with E-state index in [-0.39, 0.29) is 0 Å². The van der Waals surface area contributed by atoms with Gasteiger partial charge in [-0.15, -0.1) is 0 Å². The third-order valence-corrected chi connectivity index (χ3v) is 2.57. The molecule has 2 aromatic rings. The van der Waals surface area contributed by atoms with Gasteiger partial charge in [-0.3, -0.25) is 4.79 Å². The number of carboxylic acids is 1. The standard InChI is InChI=1S/C10H9ClN4O2/c11-7-3-6(9(12)10(16)17)1-2-8(7)15-5-13-4-14-15/h1-5,9H,12H2,(H,16,17). The number of carboxylic acid groups (broad SMARTS) is 1. The largest absolute Gasteiger partial charge is 0.480 e. The Bertz CT molecular complexity index is 541. The van der Waals surface area contributed by atoms with Crippen molar-refractivity contribution in [2.24, 2.45) is 5.73 Å². The Morgan fingerprint density at radius 1 is 1.53 bits per heavy atom. The molecule has 0 saturated heterocycles. The van der Waals surface area contributed by atoms with Crippen molar-refractivity contribution in [3.8, 4) is 5.69 Å². The zero-order chi connectivity index (χ0) is 12.4. The molecule has 3 N–H and O–H groups in total. The van der Waals surface area contributed by atoms with Crippen LogP contribution in [0.1, 0.15) is 11.6 Å². The summed E-state index contributed by atoms with van der Waals surface area (Å²) < 4.78 is 1.48. The third-order valence-electron chi connectivity index (χ3n) is 2.26. The van der Waals surface area contributed by atoms with Crippen LogP contribution < -0.4 is 5.73 Å². The van der Waals surface area contributed by atoms with Crippen LogP contribution in [0.4, 0.5) is 0 Å². The van der Waals surface area contributed by atoms with Gasteiger partial charge in [0.05, 0.1) is 10.7 Å². The Kier molecular flexibility index (Phi) is 3.08. The van der Waals surface area contributed by atoms with Gasteiger partial charge < -0.3 is 10.8 Å². The highest BCUT2D eigenvalue weighted by molar-refractivity contribution is 6.32. The molecule has 2 rings (SSSR count). The number of aliphatic carboxylic acids is 1. The number of benzene rings is 1. The Morgan fingerprint density at radius 2 is 2.29 bits per heavy atom. The topological polar surface area (TPSA) is 94.0 Å². The summed E-state index contributed by atoms with van der Waals surface area (Å²) >= 11 is 6.03. The van der Waals surface area contributed by atoms with Crippen LogP contribution in [-0.4, -0.2) is 25.8 Å². The van der Waals surface area contributed by atoms with Crippen molar-refractivity contribution in [1.82, 2.24) is 14.8 Å². The number of carbonyl (C=O) groups is 1. The molecule has 0 amide bonds. The molecule has 0 radical (unpaired) electrons. The molecule has 1 heterocycles. The van der Waals surface area contributed by atoms with Gasteiger partial charge in [0.15, 0.2) is 0 Å². The van der Waals surface area contributed by atoms with E-state index in [1.54, 1.807) is 12.1 Å². The van der Waals surface area contributed by atoms with Gasteiger partial charge in [0.25, 0.3) is 0 Å². The van der Waals surface area contributed by atoms with Crippen LogP contribution in [0.2, 0.25) is 5.02 Å². The predicted octanol–water partition coefficient (Wildman–Crippen LogP) is 1.01. The average molecular weight is 253 g/mol. The lowest BCUT2D eigenvalue weighted by Gasteiger charge is -2.09. The van der Waals surface area contributed by atoms with Crippen molar-refractivity contribution >= 4 is 17.6 Å². The summed E-state index contributed by atoms with van der Waals surface area (Å²) in [4.78, 5) is 14.5. The van der Waals surface area contributed by atoms with Crippen LogP contribution >= 0.6 is 11.6 Å². The molecule has 1 unspecified atom stereocenters. The summed E-state index contributed by atoms with van der Waals surface area (Å²) in [6.07, 6.45) is 2.88. The SMILES string of the molecule is NC(C(=O)O)c1ccc(-n2cncn2)c(Cl)c1. The Morgan fingerprint density at radius 3 is 2.82 bits per heavy atom. The van der Waals surface area contributed by atoms with Gasteiger partial charge in [0, 0.05) is 0 Å². The van der Waals surface area contributed by atoms with Gasteiger partial charge in [-0.2, -0.15) is 5.10 Å². The molecule has 0 aliphatic rings. The third kappa shape index (κ3) is 2.27. The number of rotatable bonds is 3. The van der Waals surface area contributed by atoms with Crippen LogP contribution in [0.3, 0.4) is 0 Å². The van der Waals surface area contributed by atoms with Crippen LogP contribution in [0.15, 0.2) is 30.9 Å². The van der Waals surface area contributed by atoms with Gasteiger partial charge in [0.2, 0.25) is 0 Å². The van der Waals surface area contributed by atoms with Crippen LogP contribution in [0, 0.1) is 0 Å². The minimum absolute atomic E-state index is 0.365. The lowest BCUT2D eigenvalue weighted by Crippen LogP contribution is -2.20. The molecule has 0 bridgehead atoms. The molecular weight excluding hydrogens is 244 g/mol. The molecule has 1 aromatic heterocycles. The molecule has 6 nitrogen and oxygen atoms in total. The number of nitrogens with zero attached hydrogens (tertiary/aromatic N) is 3. The fourth-order valence-electron chi connectivity index (χ4n) is 1.38. The monoisotopic (exact) mass is 252 g/mol. The minimum atomic E-state index is -1.10. The summed E-state index contributed by atoms with van der Waals surface area (Å²) in [5.41, 5.74) is 6.54. The zero-order valence-corrected chi connectivity index (χ0v) is 9.37. The lowest BCUT2D eigenvalue weighted by molar-refractivity contribution is -0.138. The smallest absolute Gasteiger partial charge is 0.325 e. The molecule has 7 heteroatoms. The molecule has 0 saturated carbocycles. The second-order valence-electron chi connectivity index (χ2n) is 3.37. The van der Waals surface area contributed by atoms with E-state index in [4.69, 9.17) is 22.4 Å². The minimum Gasteiger partial charge on any atom is -0.480 e. The molecule has 0 aliphatic heterocycles. The molecule has 1 atom stereocenters. The maximum Gasteiger partial charge on any atom is 0.325 e.